The van der Waals surface area contributed by atoms with Gasteiger partial charge in [0.25, 0.3) is 0 Å². The van der Waals surface area contributed by atoms with E-state index in [1.165, 1.54) is 0 Å². The van der Waals surface area contributed by atoms with Gasteiger partial charge < -0.3 is 15.2 Å². The van der Waals surface area contributed by atoms with Crippen LogP contribution >= 0.6 is 0 Å². The van der Waals surface area contributed by atoms with Gasteiger partial charge in [-0.1, -0.05) is 6.07 Å². The minimum Gasteiger partial charge on any atom is -0.396 e. The minimum absolute atomic E-state index is 0.148. The molecule has 2 rings (SSSR count). The van der Waals surface area contributed by atoms with E-state index in [9.17, 15) is 0 Å². The van der Waals surface area contributed by atoms with Crippen molar-refractivity contribution in [3.8, 4) is 0 Å². The van der Waals surface area contributed by atoms with Crippen molar-refractivity contribution >= 4 is 5.65 Å². The van der Waals surface area contributed by atoms with Crippen LogP contribution in [0.2, 0.25) is 0 Å². The summed E-state index contributed by atoms with van der Waals surface area (Å²) >= 11 is 0. The zero-order valence-electron chi connectivity index (χ0n) is 8.50. The van der Waals surface area contributed by atoms with E-state index >= 15 is 0 Å². The first-order valence-corrected chi connectivity index (χ1v) is 5.09. The lowest BCUT2D eigenvalue weighted by atomic mass is 10.0. The molecule has 4 nitrogen and oxygen atoms in total. The molecular formula is C11H15N3O. The fourth-order valence-electron chi connectivity index (χ4n) is 1.69. The van der Waals surface area contributed by atoms with Gasteiger partial charge in [0.2, 0.25) is 0 Å². The number of fused-ring (bicyclic) bond motifs is 1. The Kier molecular flexibility index (Phi) is 2.99. The van der Waals surface area contributed by atoms with Crippen LogP contribution < -0.4 is 5.73 Å². The lowest BCUT2D eigenvalue weighted by molar-refractivity contribution is 0.275. The minimum atomic E-state index is 0.148. The standard InChI is InChI=1S/C11H15N3O/c12-7-9(4-6-15)10-8-14-5-2-1-3-11(14)13-10/h1-3,5,8-9,15H,4,6-7,12H2. The third-order valence-electron chi connectivity index (χ3n) is 2.56. The molecule has 3 N–H and O–H groups in total. The first kappa shape index (κ1) is 10.1. The van der Waals surface area contributed by atoms with Crippen molar-refractivity contribution in [2.75, 3.05) is 13.2 Å². The average molecular weight is 205 g/mol. The Bertz CT molecular complexity index is 405. The summed E-state index contributed by atoms with van der Waals surface area (Å²) in [6.45, 7) is 0.667. The van der Waals surface area contributed by atoms with Gasteiger partial charge in [-0.05, 0) is 18.6 Å². The number of aliphatic hydroxyl groups is 1. The van der Waals surface area contributed by atoms with Crippen LogP contribution in [0.1, 0.15) is 18.0 Å². The van der Waals surface area contributed by atoms with Gasteiger partial charge in [0, 0.05) is 31.5 Å². The van der Waals surface area contributed by atoms with Gasteiger partial charge in [0.15, 0.2) is 0 Å². The van der Waals surface area contributed by atoms with Crippen LogP contribution in [0.3, 0.4) is 0 Å². The normalized spacial score (nSPS) is 13.2. The number of aromatic nitrogens is 2. The van der Waals surface area contributed by atoms with Crippen LogP contribution in [-0.4, -0.2) is 27.6 Å². The molecule has 0 aliphatic carbocycles. The number of hydrogen-bond donors (Lipinski definition) is 2. The molecule has 0 aliphatic rings. The number of nitrogens with zero attached hydrogens (tertiary/aromatic N) is 2. The van der Waals surface area contributed by atoms with Crippen molar-refractivity contribution in [2.24, 2.45) is 5.73 Å². The fraction of sp³-hybridized carbons (Fsp3) is 0.364. The highest BCUT2D eigenvalue weighted by atomic mass is 16.3. The second kappa shape index (κ2) is 4.42. The summed E-state index contributed by atoms with van der Waals surface area (Å²) in [7, 11) is 0. The van der Waals surface area contributed by atoms with Gasteiger partial charge in [-0.15, -0.1) is 0 Å². The predicted octanol–water partition coefficient (Wildman–Crippen LogP) is 0.759. The molecule has 0 amide bonds. The highest BCUT2D eigenvalue weighted by Gasteiger charge is 2.12. The molecule has 2 aromatic heterocycles. The van der Waals surface area contributed by atoms with E-state index in [0.717, 1.165) is 11.3 Å². The summed E-state index contributed by atoms with van der Waals surface area (Å²) < 4.78 is 1.97. The maximum absolute atomic E-state index is 8.91. The van der Waals surface area contributed by atoms with Crippen LogP contribution in [0, 0.1) is 0 Å². The molecule has 0 aromatic carbocycles. The Morgan fingerprint density at radius 1 is 1.47 bits per heavy atom. The molecule has 15 heavy (non-hydrogen) atoms. The van der Waals surface area contributed by atoms with Gasteiger partial charge in [-0.2, -0.15) is 0 Å². The summed E-state index contributed by atoms with van der Waals surface area (Å²) in [4.78, 5) is 4.47. The Labute approximate surface area is 88.4 Å². The highest BCUT2D eigenvalue weighted by Crippen LogP contribution is 2.17. The van der Waals surface area contributed by atoms with Crippen LogP contribution in [0.15, 0.2) is 30.6 Å². The molecule has 2 heterocycles. The van der Waals surface area contributed by atoms with E-state index in [4.69, 9.17) is 10.8 Å². The molecule has 2 aromatic rings. The second-order valence-corrected chi connectivity index (χ2v) is 3.58. The zero-order valence-corrected chi connectivity index (χ0v) is 8.50. The third-order valence-corrected chi connectivity index (χ3v) is 2.56. The molecule has 0 bridgehead atoms. The summed E-state index contributed by atoms with van der Waals surface area (Å²) in [5, 5.41) is 8.91. The molecule has 0 aliphatic heterocycles. The van der Waals surface area contributed by atoms with E-state index in [1.54, 1.807) is 0 Å². The number of hydrogen-bond acceptors (Lipinski definition) is 3. The SMILES string of the molecule is NCC(CCO)c1cn2ccccc2n1. The Morgan fingerprint density at radius 3 is 3.00 bits per heavy atom. The molecule has 0 spiro atoms. The molecule has 4 heteroatoms. The van der Waals surface area contributed by atoms with E-state index < -0.39 is 0 Å². The van der Waals surface area contributed by atoms with E-state index in [-0.39, 0.29) is 12.5 Å². The monoisotopic (exact) mass is 205 g/mol. The maximum Gasteiger partial charge on any atom is 0.136 e. The molecule has 0 saturated heterocycles. The number of pyridine rings is 1. The average Bonchev–Trinajstić information content (AvgIpc) is 2.69. The summed E-state index contributed by atoms with van der Waals surface area (Å²) in [5.74, 6) is 0.148. The number of imidazole rings is 1. The van der Waals surface area contributed by atoms with Crippen molar-refractivity contribution in [3.05, 3.63) is 36.3 Å². The van der Waals surface area contributed by atoms with E-state index in [2.05, 4.69) is 4.98 Å². The predicted molar refractivity (Wildman–Crippen MR) is 58.7 cm³/mol. The van der Waals surface area contributed by atoms with Crippen molar-refractivity contribution in [2.45, 2.75) is 12.3 Å². The van der Waals surface area contributed by atoms with Crippen LogP contribution in [0.5, 0.6) is 0 Å². The van der Waals surface area contributed by atoms with Crippen LogP contribution in [0.4, 0.5) is 0 Å². The van der Waals surface area contributed by atoms with Crippen molar-refractivity contribution in [1.82, 2.24) is 9.38 Å². The first-order chi connectivity index (χ1) is 7.35. The Balaban J connectivity index is 2.34. The Hall–Kier alpha value is -1.39. The van der Waals surface area contributed by atoms with Crippen molar-refractivity contribution in [1.29, 1.82) is 0 Å². The van der Waals surface area contributed by atoms with E-state index in [1.807, 2.05) is 35.0 Å². The van der Waals surface area contributed by atoms with Crippen LogP contribution in [-0.2, 0) is 0 Å². The lowest BCUT2D eigenvalue weighted by Crippen LogP contribution is -2.14. The summed E-state index contributed by atoms with van der Waals surface area (Å²) in [6.07, 6.45) is 4.60. The number of rotatable bonds is 4. The van der Waals surface area contributed by atoms with Gasteiger partial charge >= 0.3 is 0 Å². The number of aliphatic hydroxyl groups excluding tert-OH is 1. The second-order valence-electron chi connectivity index (χ2n) is 3.58. The lowest BCUT2D eigenvalue weighted by Gasteiger charge is -2.08. The Morgan fingerprint density at radius 2 is 2.33 bits per heavy atom. The molecule has 0 fully saturated rings. The summed E-state index contributed by atoms with van der Waals surface area (Å²) in [6, 6.07) is 5.87. The largest absolute Gasteiger partial charge is 0.396 e. The van der Waals surface area contributed by atoms with Gasteiger partial charge in [-0.25, -0.2) is 4.98 Å². The molecule has 0 radical (unpaired) electrons. The maximum atomic E-state index is 8.91. The quantitative estimate of drug-likeness (QED) is 0.774. The molecule has 0 saturated carbocycles. The van der Waals surface area contributed by atoms with Gasteiger partial charge in [-0.3, -0.25) is 0 Å². The third kappa shape index (κ3) is 2.00. The van der Waals surface area contributed by atoms with Crippen molar-refractivity contribution in [3.63, 3.8) is 0 Å². The summed E-state index contributed by atoms with van der Waals surface area (Å²) in [5.41, 5.74) is 7.53. The topological polar surface area (TPSA) is 63.5 Å². The van der Waals surface area contributed by atoms with E-state index in [0.29, 0.717) is 13.0 Å². The highest BCUT2D eigenvalue weighted by molar-refractivity contribution is 5.40. The molecular weight excluding hydrogens is 190 g/mol. The van der Waals surface area contributed by atoms with Crippen LogP contribution in [0.25, 0.3) is 5.65 Å². The molecule has 1 atom stereocenters. The van der Waals surface area contributed by atoms with Gasteiger partial charge in [0.1, 0.15) is 5.65 Å². The zero-order chi connectivity index (χ0) is 10.7. The fourth-order valence-corrected chi connectivity index (χ4v) is 1.69. The molecule has 80 valence electrons. The molecule has 1 unspecified atom stereocenters. The van der Waals surface area contributed by atoms with Crippen molar-refractivity contribution < 1.29 is 5.11 Å². The number of nitrogens with two attached hydrogens (primary N) is 1. The first-order valence-electron chi connectivity index (χ1n) is 5.09. The smallest absolute Gasteiger partial charge is 0.136 e. The van der Waals surface area contributed by atoms with Gasteiger partial charge in [0.05, 0.1) is 5.69 Å².